The first-order valence-corrected chi connectivity index (χ1v) is 12.0. The number of rotatable bonds is 8. The molecule has 0 bridgehead atoms. The highest BCUT2D eigenvalue weighted by Gasteiger charge is 2.13. The lowest BCUT2D eigenvalue weighted by Gasteiger charge is -2.26. The molecular weight excluding hydrogens is 427 g/mol. The van der Waals surface area contributed by atoms with Gasteiger partial charge in [0.2, 0.25) is 17.6 Å². The second-order valence-corrected chi connectivity index (χ2v) is 9.15. The zero-order valence-electron chi connectivity index (χ0n) is 18.1. The minimum atomic E-state index is -0.275. The summed E-state index contributed by atoms with van der Waals surface area (Å²) in [7, 11) is 0. The largest absolute Gasteiger partial charge is 0.339 e. The van der Waals surface area contributed by atoms with Crippen molar-refractivity contribution in [1.82, 2.24) is 15.0 Å². The molecule has 1 amide bonds. The van der Waals surface area contributed by atoms with Gasteiger partial charge in [-0.25, -0.2) is 4.39 Å². The van der Waals surface area contributed by atoms with Crippen LogP contribution in [-0.4, -0.2) is 52.1 Å². The molecule has 6 nitrogen and oxygen atoms in total. The van der Waals surface area contributed by atoms with Crippen LogP contribution in [0.15, 0.2) is 47.0 Å². The molecule has 0 radical (unpaired) electrons. The molecule has 2 heterocycles. The Labute approximate surface area is 191 Å². The molecule has 1 aliphatic rings. The summed E-state index contributed by atoms with van der Waals surface area (Å²) in [6.07, 6.45) is 1.59. The zero-order chi connectivity index (χ0) is 22.3. The minimum Gasteiger partial charge on any atom is -0.339 e. The molecular formula is C24H27FN4O2S. The lowest BCUT2D eigenvalue weighted by molar-refractivity contribution is -0.116. The van der Waals surface area contributed by atoms with Gasteiger partial charge in [-0.05, 0) is 54.8 Å². The van der Waals surface area contributed by atoms with Crippen molar-refractivity contribution in [2.45, 2.75) is 26.2 Å². The number of aryl methyl sites for hydroxylation is 2. The summed E-state index contributed by atoms with van der Waals surface area (Å²) in [4.78, 5) is 19.1. The Hall–Kier alpha value is -2.71. The van der Waals surface area contributed by atoms with E-state index in [2.05, 4.69) is 32.5 Å². The minimum absolute atomic E-state index is 0.110. The summed E-state index contributed by atoms with van der Waals surface area (Å²) in [6, 6.07) is 12.7. The van der Waals surface area contributed by atoms with Crippen molar-refractivity contribution in [3.8, 4) is 11.4 Å². The molecule has 0 unspecified atom stereocenters. The summed E-state index contributed by atoms with van der Waals surface area (Å²) >= 11 is 2.02. The number of amides is 1. The Kier molecular flexibility index (Phi) is 7.55. The number of carbonyl (C=O) groups excluding carboxylic acids is 1. The molecule has 2 aromatic carbocycles. The highest BCUT2D eigenvalue weighted by atomic mass is 32.2. The van der Waals surface area contributed by atoms with E-state index in [0.717, 1.165) is 18.7 Å². The van der Waals surface area contributed by atoms with Gasteiger partial charge >= 0.3 is 0 Å². The van der Waals surface area contributed by atoms with Crippen LogP contribution in [0.1, 0.15) is 23.4 Å². The molecule has 0 spiro atoms. The first-order chi connectivity index (χ1) is 15.6. The fraction of sp³-hybridized carbons (Fsp3) is 0.375. The smallest absolute Gasteiger partial charge is 0.227 e. The van der Waals surface area contributed by atoms with Crippen molar-refractivity contribution in [2.75, 3.05) is 36.5 Å². The maximum Gasteiger partial charge on any atom is 0.227 e. The molecule has 1 aliphatic heterocycles. The summed E-state index contributed by atoms with van der Waals surface area (Å²) in [5, 5.41) is 6.85. The number of nitrogens with one attached hydrogen (secondary N) is 1. The number of aromatic nitrogens is 2. The third kappa shape index (κ3) is 6.17. The average Bonchev–Trinajstić information content (AvgIpc) is 3.29. The molecule has 0 atom stereocenters. The van der Waals surface area contributed by atoms with Gasteiger partial charge in [0.1, 0.15) is 5.82 Å². The fourth-order valence-corrected chi connectivity index (χ4v) is 4.55. The van der Waals surface area contributed by atoms with Crippen LogP contribution in [0.5, 0.6) is 0 Å². The van der Waals surface area contributed by atoms with Crippen molar-refractivity contribution in [3.63, 3.8) is 0 Å². The normalized spacial score (nSPS) is 14.4. The van der Waals surface area contributed by atoms with Crippen molar-refractivity contribution in [3.05, 3.63) is 65.3 Å². The Morgan fingerprint density at radius 3 is 2.69 bits per heavy atom. The molecule has 168 valence electrons. The van der Waals surface area contributed by atoms with E-state index in [4.69, 9.17) is 4.52 Å². The van der Waals surface area contributed by atoms with Crippen LogP contribution in [0.2, 0.25) is 0 Å². The van der Waals surface area contributed by atoms with Crippen molar-refractivity contribution >= 4 is 23.4 Å². The predicted molar refractivity (Wildman–Crippen MR) is 125 cm³/mol. The van der Waals surface area contributed by atoms with Crippen LogP contribution in [0.3, 0.4) is 0 Å². The van der Waals surface area contributed by atoms with E-state index in [0.29, 0.717) is 29.3 Å². The molecule has 3 aromatic rings. The second-order valence-electron chi connectivity index (χ2n) is 7.92. The van der Waals surface area contributed by atoms with E-state index in [1.807, 2.05) is 23.9 Å². The van der Waals surface area contributed by atoms with Gasteiger partial charge in [-0.3, -0.25) is 4.79 Å². The Morgan fingerprint density at radius 1 is 1.16 bits per heavy atom. The SMILES string of the molecule is Cc1cc(-c2noc(CCC(=O)Nc3ccc(CCN4CCSCC4)cc3)n2)ccc1F. The topological polar surface area (TPSA) is 71.3 Å². The van der Waals surface area contributed by atoms with E-state index >= 15 is 0 Å². The summed E-state index contributed by atoms with van der Waals surface area (Å²) in [5.74, 6) is 2.83. The standard InChI is InChI=1S/C24H27FN4O2S/c1-17-16-19(4-7-21(17)25)24-27-23(31-28-24)9-8-22(30)26-20-5-2-18(3-6-20)10-11-29-12-14-32-15-13-29/h2-7,16H,8-15H2,1H3,(H,26,30). The zero-order valence-corrected chi connectivity index (χ0v) is 19.0. The number of hydrogen-bond donors (Lipinski definition) is 1. The number of halogens is 1. The van der Waals surface area contributed by atoms with Crippen LogP contribution < -0.4 is 5.32 Å². The Bertz CT molecular complexity index is 1050. The van der Waals surface area contributed by atoms with Gasteiger partial charge in [-0.15, -0.1) is 0 Å². The Balaban J connectivity index is 1.23. The molecule has 4 rings (SSSR count). The number of benzene rings is 2. The summed E-state index contributed by atoms with van der Waals surface area (Å²) in [6.45, 7) is 5.11. The van der Waals surface area contributed by atoms with Crippen LogP contribution in [0.4, 0.5) is 10.1 Å². The monoisotopic (exact) mass is 454 g/mol. The molecule has 1 aromatic heterocycles. The third-order valence-corrected chi connectivity index (χ3v) is 6.45. The molecule has 0 saturated carbocycles. The van der Waals surface area contributed by atoms with Gasteiger partial charge in [0.15, 0.2) is 0 Å². The maximum atomic E-state index is 13.4. The van der Waals surface area contributed by atoms with Gasteiger partial charge in [0.05, 0.1) is 0 Å². The van der Waals surface area contributed by atoms with Crippen LogP contribution >= 0.6 is 11.8 Å². The second kappa shape index (κ2) is 10.7. The summed E-state index contributed by atoms with van der Waals surface area (Å²) in [5.41, 5.74) is 3.25. The molecule has 1 saturated heterocycles. The lowest BCUT2D eigenvalue weighted by Crippen LogP contribution is -2.34. The molecule has 0 aliphatic carbocycles. The van der Waals surface area contributed by atoms with Gasteiger partial charge < -0.3 is 14.7 Å². The van der Waals surface area contributed by atoms with E-state index in [1.54, 1.807) is 19.1 Å². The number of carbonyl (C=O) groups is 1. The molecule has 1 fully saturated rings. The van der Waals surface area contributed by atoms with E-state index < -0.39 is 0 Å². The van der Waals surface area contributed by atoms with Gasteiger partial charge in [-0.1, -0.05) is 17.3 Å². The first-order valence-electron chi connectivity index (χ1n) is 10.8. The number of thioether (sulfide) groups is 1. The average molecular weight is 455 g/mol. The highest BCUT2D eigenvalue weighted by molar-refractivity contribution is 7.99. The van der Waals surface area contributed by atoms with Crippen molar-refractivity contribution in [2.24, 2.45) is 0 Å². The number of anilines is 1. The van der Waals surface area contributed by atoms with Gasteiger partial charge in [0, 0.05) is 55.2 Å². The van der Waals surface area contributed by atoms with Gasteiger partial charge in [0.25, 0.3) is 0 Å². The number of hydrogen-bond acceptors (Lipinski definition) is 6. The van der Waals surface area contributed by atoms with Crippen LogP contribution in [0, 0.1) is 12.7 Å². The van der Waals surface area contributed by atoms with E-state index in [1.165, 1.54) is 36.2 Å². The maximum absolute atomic E-state index is 13.4. The van der Waals surface area contributed by atoms with Crippen LogP contribution in [0.25, 0.3) is 11.4 Å². The fourth-order valence-electron chi connectivity index (χ4n) is 3.57. The lowest BCUT2D eigenvalue weighted by atomic mass is 10.1. The number of nitrogens with zero attached hydrogens (tertiary/aromatic N) is 3. The van der Waals surface area contributed by atoms with E-state index in [9.17, 15) is 9.18 Å². The summed E-state index contributed by atoms with van der Waals surface area (Å²) < 4.78 is 18.7. The van der Waals surface area contributed by atoms with Crippen molar-refractivity contribution < 1.29 is 13.7 Å². The van der Waals surface area contributed by atoms with E-state index in [-0.39, 0.29) is 18.1 Å². The van der Waals surface area contributed by atoms with Gasteiger partial charge in [-0.2, -0.15) is 16.7 Å². The first kappa shape index (κ1) is 22.5. The third-order valence-electron chi connectivity index (χ3n) is 5.51. The van der Waals surface area contributed by atoms with Crippen molar-refractivity contribution in [1.29, 1.82) is 0 Å². The predicted octanol–water partition coefficient (Wildman–Crippen LogP) is 4.35. The molecule has 8 heteroatoms. The molecule has 32 heavy (non-hydrogen) atoms. The highest BCUT2D eigenvalue weighted by Crippen LogP contribution is 2.20. The Morgan fingerprint density at radius 2 is 1.94 bits per heavy atom. The quantitative estimate of drug-likeness (QED) is 0.546. The molecule has 1 N–H and O–H groups in total. The van der Waals surface area contributed by atoms with Crippen LogP contribution in [-0.2, 0) is 17.6 Å².